The van der Waals surface area contributed by atoms with Crippen LogP contribution in [-0.2, 0) is 40.7 Å². The third kappa shape index (κ3) is 8.12. The van der Waals surface area contributed by atoms with Crippen molar-refractivity contribution in [3.8, 4) is 5.75 Å². The lowest BCUT2D eigenvalue weighted by Crippen LogP contribution is -2.69. The largest absolute Gasteiger partial charge is 0.573 e. The molecule has 12 heteroatoms. The van der Waals surface area contributed by atoms with Crippen LogP contribution in [-0.4, -0.2) is 67.8 Å². The Morgan fingerprint density at radius 3 is 2.11 bits per heavy atom. The van der Waals surface area contributed by atoms with Crippen LogP contribution in [0.3, 0.4) is 0 Å². The number of rotatable bonds is 17. The Labute approximate surface area is 267 Å². The number of aliphatic carboxylic acids is 1. The fourth-order valence-electron chi connectivity index (χ4n) is 5.64. The van der Waals surface area contributed by atoms with E-state index in [-0.39, 0.29) is 18.8 Å². The highest BCUT2D eigenvalue weighted by atomic mass is 35.5. The third-order valence-electron chi connectivity index (χ3n) is 8.03. The molecule has 0 radical (unpaired) electrons. The number of unbranched alkanes of at least 4 members (excludes halogenated alkanes) is 3. The van der Waals surface area contributed by atoms with Gasteiger partial charge < -0.3 is 33.5 Å². The minimum atomic E-state index is -4.79. The molecule has 2 aliphatic rings. The van der Waals surface area contributed by atoms with Crippen molar-refractivity contribution in [2.45, 2.75) is 102 Å². The molecule has 0 aromatic heterocycles. The lowest BCUT2D eigenvalue weighted by molar-refractivity contribution is -0.341. The zero-order chi connectivity index (χ0) is 32.7. The first-order valence-electron chi connectivity index (χ1n) is 15.6. The molecule has 0 unspecified atom stereocenters. The zero-order valence-corrected chi connectivity index (χ0v) is 26.6. The molecule has 2 aliphatic heterocycles. The molecule has 2 aromatic carbocycles. The van der Waals surface area contributed by atoms with Gasteiger partial charge in [-0.05, 0) is 61.1 Å². The molecular formula is C33H42ClF3O8. The van der Waals surface area contributed by atoms with E-state index in [1.807, 2.05) is 20.8 Å². The molecule has 0 aliphatic carbocycles. The Kier molecular flexibility index (Phi) is 12.2. The number of hydrogen-bond acceptors (Lipinski definition) is 7. The van der Waals surface area contributed by atoms with Crippen LogP contribution in [0.25, 0.3) is 0 Å². The van der Waals surface area contributed by atoms with E-state index < -0.39 is 42.0 Å². The van der Waals surface area contributed by atoms with Crippen LogP contribution in [0, 0.1) is 0 Å². The van der Waals surface area contributed by atoms with Crippen LogP contribution >= 0.6 is 11.6 Å². The molecule has 2 saturated heterocycles. The number of fused-ring (bicyclic) bond motifs is 2. The van der Waals surface area contributed by atoms with Crippen molar-refractivity contribution in [2.24, 2.45) is 0 Å². The molecule has 4 rings (SSSR count). The molecule has 0 amide bonds. The number of ether oxygens (including phenoxy) is 6. The second-order valence-electron chi connectivity index (χ2n) is 11.4. The average Bonchev–Trinajstić information content (AvgIpc) is 3.36. The predicted octanol–water partition coefficient (Wildman–Crippen LogP) is 7.42. The molecule has 2 heterocycles. The summed E-state index contributed by atoms with van der Waals surface area (Å²) in [4.78, 5) is 13.0. The Morgan fingerprint density at radius 2 is 1.53 bits per heavy atom. The van der Waals surface area contributed by atoms with Crippen molar-refractivity contribution in [2.75, 3.05) is 26.4 Å². The van der Waals surface area contributed by atoms with Gasteiger partial charge in [0.15, 0.2) is 0 Å². The van der Waals surface area contributed by atoms with Gasteiger partial charge >= 0.3 is 12.3 Å². The van der Waals surface area contributed by atoms with E-state index in [9.17, 15) is 23.1 Å². The maximum atomic E-state index is 13.0. The van der Waals surface area contributed by atoms with Crippen LogP contribution in [0.1, 0.15) is 76.0 Å². The summed E-state index contributed by atoms with van der Waals surface area (Å²) >= 11 is 6.60. The van der Waals surface area contributed by atoms with Crippen molar-refractivity contribution >= 4 is 17.6 Å². The standard InChI is InChI=1S/C33H42ClF3O8/c1-4-7-16-40-27-28(41-17-8-5-2)31(30(38)39)21-43-32(45-31,29(27)42-18-9-6-3)24-12-15-26(34)23(20-24)19-22-10-13-25(14-11-22)44-33(35,36)37/h10-15,20,27-29H,4-9,16-19,21H2,1-3H3,(H,38,39)/t27-,28-,29+,31-,32-/m0/s1. The van der Waals surface area contributed by atoms with Crippen molar-refractivity contribution in [1.82, 2.24) is 0 Å². The number of hydrogen-bond donors (Lipinski definition) is 1. The van der Waals surface area contributed by atoms with E-state index in [1.54, 1.807) is 18.2 Å². The zero-order valence-electron chi connectivity index (χ0n) is 25.9. The van der Waals surface area contributed by atoms with Gasteiger partial charge in [0, 0.05) is 30.4 Å². The number of carboxylic acid groups (broad SMARTS) is 1. The van der Waals surface area contributed by atoms with Gasteiger partial charge in [0.1, 0.15) is 24.1 Å². The summed E-state index contributed by atoms with van der Waals surface area (Å²) in [7, 11) is 0. The fourth-order valence-corrected chi connectivity index (χ4v) is 5.82. The smallest absolute Gasteiger partial charge is 0.479 e. The number of benzene rings is 2. The van der Waals surface area contributed by atoms with Crippen molar-refractivity contribution in [1.29, 1.82) is 0 Å². The fraction of sp³-hybridized carbons (Fsp3) is 0.606. The number of alkyl halides is 3. The highest BCUT2D eigenvalue weighted by Gasteiger charge is 2.72. The summed E-state index contributed by atoms with van der Waals surface area (Å²) in [5, 5.41) is 11.0. The van der Waals surface area contributed by atoms with Gasteiger partial charge in [-0.2, -0.15) is 0 Å². The molecule has 2 fully saturated rings. The van der Waals surface area contributed by atoms with E-state index in [0.717, 1.165) is 38.5 Å². The van der Waals surface area contributed by atoms with Crippen molar-refractivity contribution < 1.29 is 51.5 Å². The Bertz CT molecular complexity index is 1260. The van der Waals surface area contributed by atoms with Gasteiger partial charge in [-0.25, -0.2) is 4.79 Å². The second kappa shape index (κ2) is 15.5. The van der Waals surface area contributed by atoms with Crippen molar-refractivity contribution in [3.63, 3.8) is 0 Å². The number of halogens is 4. The molecule has 5 atom stereocenters. The highest BCUT2D eigenvalue weighted by molar-refractivity contribution is 6.31. The lowest BCUT2D eigenvalue weighted by atomic mass is 9.82. The van der Waals surface area contributed by atoms with E-state index in [1.165, 1.54) is 24.3 Å². The van der Waals surface area contributed by atoms with Gasteiger partial charge in [0.25, 0.3) is 0 Å². The normalized spacial score (nSPS) is 26.2. The molecule has 2 bridgehead atoms. The van der Waals surface area contributed by atoms with Crippen molar-refractivity contribution in [3.05, 3.63) is 64.2 Å². The first kappa shape index (κ1) is 35.4. The van der Waals surface area contributed by atoms with Gasteiger partial charge in [0.05, 0.1) is 6.61 Å². The average molecular weight is 659 g/mol. The molecular weight excluding hydrogens is 617 g/mol. The predicted molar refractivity (Wildman–Crippen MR) is 160 cm³/mol. The summed E-state index contributed by atoms with van der Waals surface area (Å²) in [6, 6.07) is 10.6. The van der Waals surface area contributed by atoms with E-state index >= 15 is 0 Å². The molecule has 2 aromatic rings. The van der Waals surface area contributed by atoms with Crippen LogP contribution in [0.4, 0.5) is 13.2 Å². The SMILES string of the molecule is CCCCO[C@@H]1[C@@H](OCCCC)[C@@]2(c3ccc(Cl)c(Cc4ccc(OC(F)(F)F)cc4)c3)OC[C@](C(=O)O)(O2)[C@H]1OCCCC. The monoisotopic (exact) mass is 658 g/mol. The summed E-state index contributed by atoms with van der Waals surface area (Å²) < 4.78 is 73.9. The number of carbonyl (C=O) groups is 1. The second-order valence-corrected chi connectivity index (χ2v) is 11.8. The van der Waals surface area contributed by atoms with E-state index in [0.29, 0.717) is 41.5 Å². The van der Waals surface area contributed by atoms with E-state index in [4.69, 9.17) is 35.3 Å². The Balaban J connectivity index is 1.74. The van der Waals surface area contributed by atoms with Crippen LogP contribution in [0.5, 0.6) is 5.75 Å². The first-order valence-corrected chi connectivity index (χ1v) is 15.9. The molecule has 8 nitrogen and oxygen atoms in total. The van der Waals surface area contributed by atoms with Gasteiger partial charge in [-0.15, -0.1) is 13.2 Å². The summed E-state index contributed by atoms with van der Waals surface area (Å²) in [5.41, 5.74) is -0.0628. The maximum absolute atomic E-state index is 13.0. The minimum absolute atomic E-state index is 0.264. The molecule has 1 N–H and O–H groups in total. The summed E-state index contributed by atoms with van der Waals surface area (Å²) in [6.45, 7) is 6.85. The minimum Gasteiger partial charge on any atom is -0.479 e. The topological polar surface area (TPSA) is 92.7 Å². The molecule has 45 heavy (non-hydrogen) atoms. The highest BCUT2D eigenvalue weighted by Crippen LogP contribution is 2.53. The Hall–Kier alpha value is -2.41. The van der Waals surface area contributed by atoms with Gasteiger partial charge in [-0.3, -0.25) is 0 Å². The molecule has 0 saturated carbocycles. The Morgan fingerprint density at radius 1 is 0.933 bits per heavy atom. The number of carboxylic acids is 1. The molecule has 0 spiro atoms. The quantitative estimate of drug-likeness (QED) is 0.176. The lowest BCUT2D eigenvalue weighted by Gasteiger charge is -2.49. The van der Waals surface area contributed by atoms with E-state index in [2.05, 4.69) is 4.74 Å². The first-order chi connectivity index (χ1) is 21.5. The maximum Gasteiger partial charge on any atom is 0.573 e. The van der Waals surface area contributed by atoms with Gasteiger partial charge in [-0.1, -0.05) is 69.8 Å². The van der Waals surface area contributed by atoms with Crippen LogP contribution < -0.4 is 4.74 Å². The summed E-state index contributed by atoms with van der Waals surface area (Å²) in [6.07, 6.45) is -2.39. The molecule has 250 valence electrons. The van der Waals surface area contributed by atoms with Crippen LogP contribution in [0.15, 0.2) is 42.5 Å². The van der Waals surface area contributed by atoms with Gasteiger partial charge in [0.2, 0.25) is 11.4 Å². The third-order valence-corrected chi connectivity index (χ3v) is 8.39. The van der Waals surface area contributed by atoms with Crippen LogP contribution in [0.2, 0.25) is 5.02 Å². The summed E-state index contributed by atoms with van der Waals surface area (Å²) in [5.74, 6) is -3.21.